The average molecular weight is 269 g/mol. The molecule has 0 amide bonds. The number of aliphatic hydroxyl groups is 1. The summed E-state index contributed by atoms with van der Waals surface area (Å²) < 4.78 is 7.21. The van der Waals surface area contributed by atoms with Gasteiger partial charge in [-0.1, -0.05) is 6.07 Å². The standard InChI is InChI=1S/C15H15N3O2/c1-20-12-5-2-4-11(10-12)18-14(7-9-19)17-13-6-3-8-16-15(13)18/h2-6,8,10,19H,7,9H2,1H3. The zero-order valence-corrected chi connectivity index (χ0v) is 11.2. The third-order valence-corrected chi connectivity index (χ3v) is 3.13. The molecule has 0 spiro atoms. The minimum Gasteiger partial charge on any atom is -0.497 e. The largest absolute Gasteiger partial charge is 0.497 e. The van der Waals surface area contributed by atoms with Crippen molar-refractivity contribution in [1.82, 2.24) is 14.5 Å². The van der Waals surface area contributed by atoms with Gasteiger partial charge in [-0.15, -0.1) is 0 Å². The van der Waals surface area contributed by atoms with E-state index in [9.17, 15) is 5.11 Å². The summed E-state index contributed by atoms with van der Waals surface area (Å²) in [6.07, 6.45) is 2.22. The summed E-state index contributed by atoms with van der Waals surface area (Å²) in [6.45, 7) is 0.0489. The lowest BCUT2D eigenvalue weighted by Crippen LogP contribution is -2.04. The molecule has 0 aliphatic carbocycles. The zero-order valence-electron chi connectivity index (χ0n) is 11.2. The van der Waals surface area contributed by atoms with E-state index >= 15 is 0 Å². The molecule has 20 heavy (non-hydrogen) atoms. The fourth-order valence-electron chi connectivity index (χ4n) is 2.25. The minimum absolute atomic E-state index is 0.0489. The van der Waals surface area contributed by atoms with Crippen molar-refractivity contribution in [2.45, 2.75) is 6.42 Å². The Morgan fingerprint density at radius 1 is 1.25 bits per heavy atom. The first-order valence-electron chi connectivity index (χ1n) is 6.41. The van der Waals surface area contributed by atoms with Crippen LogP contribution in [0.1, 0.15) is 5.82 Å². The van der Waals surface area contributed by atoms with Crippen molar-refractivity contribution < 1.29 is 9.84 Å². The second kappa shape index (κ2) is 5.30. The maximum atomic E-state index is 9.22. The quantitative estimate of drug-likeness (QED) is 0.786. The van der Waals surface area contributed by atoms with Crippen molar-refractivity contribution in [3.63, 3.8) is 0 Å². The number of methoxy groups -OCH3 is 1. The summed E-state index contributed by atoms with van der Waals surface area (Å²) in [5.41, 5.74) is 2.52. The van der Waals surface area contributed by atoms with Gasteiger partial charge in [-0.05, 0) is 24.3 Å². The molecule has 1 N–H and O–H groups in total. The van der Waals surface area contributed by atoms with Gasteiger partial charge in [-0.25, -0.2) is 9.97 Å². The Hall–Kier alpha value is -2.40. The van der Waals surface area contributed by atoms with Crippen molar-refractivity contribution in [1.29, 1.82) is 0 Å². The number of hydrogen-bond acceptors (Lipinski definition) is 4. The molecule has 2 aromatic heterocycles. The maximum absolute atomic E-state index is 9.22. The number of aromatic nitrogens is 3. The summed E-state index contributed by atoms with van der Waals surface area (Å²) in [4.78, 5) is 8.93. The highest BCUT2D eigenvalue weighted by atomic mass is 16.5. The minimum atomic E-state index is 0.0489. The van der Waals surface area contributed by atoms with E-state index in [0.29, 0.717) is 6.42 Å². The molecular weight excluding hydrogens is 254 g/mol. The van der Waals surface area contributed by atoms with Gasteiger partial charge in [-0.3, -0.25) is 4.57 Å². The van der Waals surface area contributed by atoms with Gasteiger partial charge in [0, 0.05) is 18.7 Å². The molecule has 0 aliphatic rings. The molecule has 5 heteroatoms. The Bertz CT molecular complexity index is 737. The van der Waals surface area contributed by atoms with Crippen LogP contribution < -0.4 is 4.74 Å². The van der Waals surface area contributed by atoms with E-state index in [1.807, 2.05) is 41.0 Å². The van der Waals surface area contributed by atoms with Crippen molar-refractivity contribution in [3.8, 4) is 11.4 Å². The van der Waals surface area contributed by atoms with Gasteiger partial charge in [0.2, 0.25) is 0 Å². The Kier molecular flexibility index (Phi) is 3.35. The SMILES string of the molecule is COc1cccc(-n2c(CCO)nc3cccnc32)c1. The first kappa shape index (κ1) is 12.6. The zero-order chi connectivity index (χ0) is 13.9. The van der Waals surface area contributed by atoms with Crippen LogP contribution in [0.2, 0.25) is 0 Å². The van der Waals surface area contributed by atoms with Gasteiger partial charge in [0.05, 0.1) is 19.4 Å². The fourth-order valence-corrected chi connectivity index (χ4v) is 2.25. The number of rotatable bonds is 4. The van der Waals surface area contributed by atoms with Crippen LogP contribution in [0.4, 0.5) is 0 Å². The van der Waals surface area contributed by atoms with Crippen LogP contribution in [0.3, 0.4) is 0 Å². The summed E-state index contributed by atoms with van der Waals surface area (Å²) in [5.74, 6) is 1.56. The average Bonchev–Trinajstić information content (AvgIpc) is 2.85. The van der Waals surface area contributed by atoms with Crippen molar-refractivity contribution in [2.24, 2.45) is 0 Å². The molecule has 0 atom stereocenters. The number of benzene rings is 1. The Morgan fingerprint density at radius 2 is 2.15 bits per heavy atom. The first-order chi connectivity index (χ1) is 9.83. The van der Waals surface area contributed by atoms with Crippen molar-refractivity contribution >= 4 is 11.2 Å². The lowest BCUT2D eigenvalue weighted by molar-refractivity contribution is 0.296. The maximum Gasteiger partial charge on any atom is 0.164 e. The topological polar surface area (TPSA) is 60.2 Å². The van der Waals surface area contributed by atoms with E-state index in [0.717, 1.165) is 28.4 Å². The van der Waals surface area contributed by atoms with E-state index in [-0.39, 0.29) is 6.61 Å². The van der Waals surface area contributed by atoms with E-state index in [1.165, 1.54) is 0 Å². The van der Waals surface area contributed by atoms with Gasteiger partial charge < -0.3 is 9.84 Å². The van der Waals surface area contributed by atoms with Crippen molar-refractivity contribution in [3.05, 3.63) is 48.4 Å². The predicted octanol–water partition coefficient (Wildman–Crippen LogP) is 1.96. The van der Waals surface area contributed by atoms with E-state index in [4.69, 9.17) is 4.74 Å². The van der Waals surface area contributed by atoms with Crippen molar-refractivity contribution in [2.75, 3.05) is 13.7 Å². The normalized spacial score (nSPS) is 10.9. The molecule has 2 heterocycles. The lowest BCUT2D eigenvalue weighted by atomic mass is 10.3. The van der Waals surface area contributed by atoms with Gasteiger partial charge in [0.1, 0.15) is 17.1 Å². The fraction of sp³-hybridized carbons (Fsp3) is 0.200. The highest BCUT2D eigenvalue weighted by molar-refractivity contribution is 5.74. The predicted molar refractivity (Wildman–Crippen MR) is 76.2 cm³/mol. The summed E-state index contributed by atoms with van der Waals surface area (Å²) in [7, 11) is 1.64. The molecule has 102 valence electrons. The van der Waals surface area contributed by atoms with Crippen LogP contribution in [0, 0.1) is 0 Å². The summed E-state index contributed by atoms with van der Waals surface area (Å²) >= 11 is 0. The van der Waals surface area contributed by atoms with E-state index < -0.39 is 0 Å². The third kappa shape index (κ3) is 2.12. The molecule has 0 aliphatic heterocycles. The molecule has 5 nitrogen and oxygen atoms in total. The Morgan fingerprint density at radius 3 is 2.95 bits per heavy atom. The molecule has 1 aromatic carbocycles. The smallest absolute Gasteiger partial charge is 0.164 e. The van der Waals surface area contributed by atoms with E-state index in [2.05, 4.69) is 9.97 Å². The summed E-state index contributed by atoms with van der Waals surface area (Å²) in [5, 5.41) is 9.22. The highest BCUT2D eigenvalue weighted by Crippen LogP contribution is 2.23. The van der Waals surface area contributed by atoms with Crippen LogP contribution in [-0.2, 0) is 6.42 Å². The first-order valence-corrected chi connectivity index (χ1v) is 6.41. The van der Waals surface area contributed by atoms with Crippen LogP contribution in [0.5, 0.6) is 5.75 Å². The van der Waals surface area contributed by atoms with Crippen LogP contribution in [0.25, 0.3) is 16.9 Å². The number of aliphatic hydroxyl groups excluding tert-OH is 1. The molecule has 0 bridgehead atoms. The van der Waals surface area contributed by atoms with Gasteiger partial charge >= 0.3 is 0 Å². The molecule has 0 saturated carbocycles. The summed E-state index contributed by atoms with van der Waals surface area (Å²) in [6, 6.07) is 11.5. The van der Waals surface area contributed by atoms with Gasteiger partial charge in [0.15, 0.2) is 5.65 Å². The Balaban J connectivity index is 2.24. The Labute approximate surface area is 116 Å². The van der Waals surface area contributed by atoms with Crippen LogP contribution >= 0.6 is 0 Å². The number of fused-ring (bicyclic) bond motifs is 1. The molecular formula is C15H15N3O2. The van der Waals surface area contributed by atoms with Crippen LogP contribution in [0.15, 0.2) is 42.6 Å². The molecule has 3 rings (SSSR count). The van der Waals surface area contributed by atoms with Gasteiger partial charge in [0.25, 0.3) is 0 Å². The molecule has 0 saturated heterocycles. The number of imidazole rings is 1. The number of hydrogen-bond donors (Lipinski definition) is 1. The second-order valence-electron chi connectivity index (χ2n) is 4.38. The highest BCUT2D eigenvalue weighted by Gasteiger charge is 2.13. The second-order valence-corrected chi connectivity index (χ2v) is 4.38. The third-order valence-electron chi connectivity index (χ3n) is 3.13. The molecule has 0 unspecified atom stereocenters. The molecule has 0 fully saturated rings. The number of ether oxygens (including phenoxy) is 1. The van der Waals surface area contributed by atoms with E-state index in [1.54, 1.807) is 13.3 Å². The number of pyridine rings is 1. The molecule has 0 radical (unpaired) electrons. The van der Waals surface area contributed by atoms with Crippen LogP contribution in [-0.4, -0.2) is 33.4 Å². The number of nitrogens with zero attached hydrogens (tertiary/aromatic N) is 3. The lowest BCUT2D eigenvalue weighted by Gasteiger charge is -2.09. The van der Waals surface area contributed by atoms with Gasteiger partial charge in [-0.2, -0.15) is 0 Å². The monoisotopic (exact) mass is 269 g/mol. The molecule has 3 aromatic rings.